The van der Waals surface area contributed by atoms with Crippen LogP contribution in [0.25, 0.3) is 0 Å². The molecule has 0 unspecified atom stereocenters. The molecule has 0 aromatic rings. The van der Waals surface area contributed by atoms with Gasteiger partial charge in [-0.25, -0.2) is 0 Å². The van der Waals surface area contributed by atoms with Gasteiger partial charge in [0, 0.05) is 19.3 Å². The van der Waals surface area contributed by atoms with Crippen LogP contribution in [0.3, 0.4) is 0 Å². The summed E-state index contributed by atoms with van der Waals surface area (Å²) in [4.78, 5) is 37.7. The quantitative estimate of drug-likeness (QED) is 0.0266. The minimum absolute atomic E-state index is 0.0817. The van der Waals surface area contributed by atoms with Gasteiger partial charge in [0.05, 0.1) is 0 Å². The SMILES string of the molecule is CCCC/C=C\CCCCCCCC(=O)OC[C@@H](COC(=O)CCCCCCC/C=C\CCCCCC)OC(=O)CCCCCCC/C=C\CCCCCC. The van der Waals surface area contributed by atoms with E-state index in [1.165, 1.54) is 116 Å². The first kappa shape index (κ1) is 52.6. The Kier molecular flexibility index (Phi) is 42.4. The van der Waals surface area contributed by atoms with E-state index in [9.17, 15) is 14.4 Å². The van der Waals surface area contributed by atoms with Crippen LogP contribution in [0.2, 0.25) is 0 Å². The van der Waals surface area contributed by atoms with E-state index in [0.29, 0.717) is 19.3 Å². The molecule has 0 spiro atoms. The average molecular weight is 773 g/mol. The summed E-state index contributed by atoms with van der Waals surface area (Å²) in [6.07, 6.45) is 49.8. The number of unbranched alkanes of at least 4 members (excludes halogenated alkanes) is 25. The molecule has 0 aromatic heterocycles. The summed E-state index contributed by atoms with van der Waals surface area (Å²) in [6.45, 7) is 6.54. The number of esters is 3. The van der Waals surface area contributed by atoms with Gasteiger partial charge in [-0.2, -0.15) is 0 Å². The number of hydrogen-bond acceptors (Lipinski definition) is 6. The van der Waals surface area contributed by atoms with Crippen LogP contribution in [0.1, 0.15) is 239 Å². The molecule has 6 heteroatoms. The summed E-state index contributed by atoms with van der Waals surface area (Å²) in [6, 6.07) is 0. The third-order valence-corrected chi connectivity index (χ3v) is 10.1. The van der Waals surface area contributed by atoms with Crippen molar-refractivity contribution in [3.8, 4) is 0 Å². The van der Waals surface area contributed by atoms with Gasteiger partial charge in [-0.05, 0) is 89.9 Å². The van der Waals surface area contributed by atoms with Gasteiger partial charge < -0.3 is 14.2 Å². The number of carbonyl (C=O) groups excluding carboxylic acids is 3. The van der Waals surface area contributed by atoms with E-state index >= 15 is 0 Å². The Balaban J connectivity index is 4.40. The van der Waals surface area contributed by atoms with Crippen molar-refractivity contribution in [3.63, 3.8) is 0 Å². The van der Waals surface area contributed by atoms with Crippen molar-refractivity contribution in [1.29, 1.82) is 0 Å². The minimum Gasteiger partial charge on any atom is -0.462 e. The van der Waals surface area contributed by atoms with Gasteiger partial charge in [-0.1, -0.05) is 166 Å². The van der Waals surface area contributed by atoms with Crippen LogP contribution in [0.15, 0.2) is 36.5 Å². The van der Waals surface area contributed by atoms with Crippen molar-refractivity contribution in [1.82, 2.24) is 0 Å². The molecular weight excluding hydrogens is 685 g/mol. The molecule has 0 N–H and O–H groups in total. The zero-order valence-corrected chi connectivity index (χ0v) is 36.4. The van der Waals surface area contributed by atoms with Crippen LogP contribution in [-0.2, 0) is 28.6 Å². The van der Waals surface area contributed by atoms with Crippen molar-refractivity contribution in [2.24, 2.45) is 0 Å². The predicted molar refractivity (Wildman–Crippen MR) is 233 cm³/mol. The largest absolute Gasteiger partial charge is 0.462 e. The fourth-order valence-corrected chi connectivity index (χ4v) is 6.47. The second-order valence-electron chi connectivity index (χ2n) is 15.7. The van der Waals surface area contributed by atoms with Gasteiger partial charge >= 0.3 is 17.9 Å². The lowest BCUT2D eigenvalue weighted by molar-refractivity contribution is -0.167. The maximum absolute atomic E-state index is 12.7. The van der Waals surface area contributed by atoms with E-state index in [1.807, 2.05) is 0 Å². The zero-order chi connectivity index (χ0) is 40.1. The normalized spacial score (nSPS) is 12.3. The highest BCUT2D eigenvalue weighted by atomic mass is 16.6. The summed E-state index contributed by atoms with van der Waals surface area (Å²) in [5.74, 6) is -0.907. The van der Waals surface area contributed by atoms with Crippen molar-refractivity contribution in [2.45, 2.75) is 245 Å². The average Bonchev–Trinajstić information content (AvgIpc) is 3.18. The Morgan fingerprint density at radius 1 is 0.345 bits per heavy atom. The Labute approximate surface area is 340 Å². The van der Waals surface area contributed by atoms with E-state index in [0.717, 1.165) is 83.5 Å². The molecule has 55 heavy (non-hydrogen) atoms. The Bertz CT molecular complexity index is 938. The third-order valence-electron chi connectivity index (χ3n) is 10.1. The molecule has 0 radical (unpaired) electrons. The zero-order valence-electron chi connectivity index (χ0n) is 36.4. The number of carbonyl (C=O) groups is 3. The predicted octanol–water partition coefficient (Wildman–Crippen LogP) is 15.0. The van der Waals surface area contributed by atoms with Crippen molar-refractivity contribution in [2.75, 3.05) is 13.2 Å². The summed E-state index contributed by atoms with van der Waals surface area (Å²) in [5.41, 5.74) is 0. The molecule has 0 rings (SSSR count). The molecule has 0 heterocycles. The molecular formula is C49H88O6. The lowest BCUT2D eigenvalue weighted by Crippen LogP contribution is -2.30. The molecule has 0 fully saturated rings. The van der Waals surface area contributed by atoms with Crippen LogP contribution in [0.4, 0.5) is 0 Å². The first-order valence-corrected chi connectivity index (χ1v) is 23.5. The van der Waals surface area contributed by atoms with Gasteiger partial charge in [-0.3, -0.25) is 14.4 Å². The fourth-order valence-electron chi connectivity index (χ4n) is 6.47. The standard InChI is InChI=1S/C49H88O6/c1-4-7-10-13-16-19-22-24-27-30-33-36-39-42-48(51)54-45-46(44-53-47(50)41-38-35-32-29-26-21-18-15-12-9-6-3)55-49(52)43-40-37-34-31-28-25-23-20-17-14-11-8-5-2/h15,18-20,22-23,46H,4-14,16-17,21,24-45H2,1-3H3/b18-15-,22-19-,23-20-/t46-/m0/s1. The van der Waals surface area contributed by atoms with E-state index in [1.54, 1.807) is 0 Å². The molecule has 0 aliphatic rings. The summed E-state index contributed by atoms with van der Waals surface area (Å²) in [5, 5.41) is 0. The van der Waals surface area contributed by atoms with Crippen molar-refractivity contribution in [3.05, 3.63) is 36.5 Å². The minimum atomic E-state index is -0.778. The lowest BCUT2D eigenvalue weighted by Gasteiger charge is -2.18. The molecule has 0 amide bonds. The smallest absolute Gasteiger partial charge is 0.306 e. The molecule has 0 aromatic carbocycles. The van der Waals surface area contributed by atoms with Gasteiger partial charge in [-0.15, -0.1) is 0 Å². The van der Waals surface area contributed by atoms with Gasteiger partial charge in [0.25, 0.3) is 0 Å². The van der Waals surface area contributed by atoms with Crippen molar-refractivity contribution < 1.29 is 28.6 Å². The van der Waals surface area contributed by atoms with E-state index < -0.39 is 6.10 Å². The van der Waals surface area contributed by atoms with E-state index in [2.05, 4.69) is 57.2 Å². The second-order valence-corrected chi connectivity index (χ2v) is 15.7. The van der Waals surface area contributed by atoms with Crippen molar-refractivity contribution >= 4 is 17.9 Å². The molecule has 1 atom stereocenters. The first-order valence-electron chi connectivity index (χ1n) is 23.5. The maximum atomic E-state index is 12.7. The van der Waals surface area contributed by atoms with Crippen LogP contribution in [0.5, 0.6) is 0 Å². The Hall–Kier alpha value is -2.37. The Morgan fingerprint density at radius 2 is 0.618 bits per heavy atom. The topological polar surface area (TPSA) is 78.9 Å². The van der Waals surface area contributed by atoms with E-state index in [4.69, 9.17) is 14.2 Å². The number of allylic oxidation sites excluding steroid dienone is 6. The maximum Gasteiger partial charge on any atom is 0.306 e. The summed E-state index contributed by atoms with van der Waals surface area (Å²) >= 11 is 0. The number of rotatable bonds is 42. The molecule has 0 saturated heterocycles. The van der Waals surface area contributed by atoms with Crippen LogP contribution >= 0.6 is 0 Å². The van der Waals surface area contributed by atoms with Crippen LogP contribution in [-0.4, -0.2) is 37.2 Å². The molecule has 6 nitrogen and oxygen atoms in total. The number of hydrogen-bond donors (Lipinski definition) is 0. The van der Waals surface area contributed by atoms with Crippen LogP contribution < -0.4 is 0 Å². The molecule has 320 valence electrons. The molecule has 0 bridgehead atoms. The summed E-state index contributed by atoms with van der Waals surface area (Å²) < 4.78 is 16.7. The molecule has 0 aliphatic carbocycles. The van der Waals surface area contributed by atoms with Gasteiger partial charge in [0.2, 0.25) is 0 Å². The second kappa shape index (κ2) is 44.3. The van der Waals surface area contributed by atoms with Crippen LogP contribution in [0, 0.1) is 0 Å². The first-order chi connectivity index (χ1) is 27.0. The third kappa shape index (κ3) is 42.6. The van der Waals surface area contributed by atoms with Gasteiger partial charge in [0.1, 0.15) is 13.2 Å². The summed E-state index contributed by atoms with van der Waals surface area (Å²) in [7, 11) is 0. The monoisotopic (exact) mass is 773 g/mol. The highest BCUT2D eigenvalue weighted by molar-refractivity contribution is 5.71. The highest BCUT2D eigenvalue weighted by Gasteiger charge is 2.19. The molecule has 0 aliphatic heterocycles. The van der Waals surface area contributed by atoms with Gasteiger partial charge in [0.15, 0.2) is 6.10 Å². The fraction of sp³-hybridized carbons (Fsp3) is 0.816. The molecule has 0 saturated carbocycles. The van der Waals surface area contributed by atoms with E-state index in [-0.39, 0.29) is 31.1 Å². The highest BCUT2D eigenvalue weighted by Crippen LogP contribution is 2.13. The Morgan fingerprint density at radius 3 is 0.964 bits per heavy atom. The lowest BCUT2D eigenvalue weighted by atomic mass is 10.1. The number of ether oxygens (including phenoxy) is 3.